The van der Waals surface area contributed by atoms with Crippen molar-refractivity contribution in [3.05, 3.63) is 124 Å². The Balaban J connectivity index is 1.46. The number of aromatic amines is 1. The number of ether oxygens (including phenoxy) is 1. The van der Waals surface area contributed by atoms with Gasteiger partial charge in [-0.25, -0.2) is 4.98 Å². The highest BCUT2D eigenvalue weighted by Gasteiger charge is 2.44. The zero-order valence-corrected chi connectivity index (χ0v) is 20.6. The van der Waals surface area contributed by atoms with Crippen LogP contribution in [0.1, 0.15) is 29.3 Å². The van der Waals surface area contributed by atoms with Crippen LogP contribution in [0.3, 0.4) is 0 Å². The van der Waals surface area contributed by atoms with Crippen molar-refractivity contribution in [3.8, 4) is 0 Å². The fraction of sp³-hybridized carbons (Fsp3) is 0.207. The van der Waals surface area contributed by atoms with Crippen molar-refractivity contribution in [2.24, 2.45) is 0 Å². The summed E-state index contributed by atoms with van der Waals surface area (Å²) in [5.74, 6) is 0.00637. The molecule has 9 heteroatoms. The molecule has 2 aromatic heterocycles. The van der Waals surface area contributed by atoms with E-state index in [1.165, 1.54) is 6.33 Å². The van der Waals surface area contributed by atoms with Gasteiger partial charge in [-0.05, 0) is 16.7 Å². The van der Waals surface area contributed by atoms with E-state index in [2.05, 4.69) is 56.7 Å². The van der Waals surface area contributed by atoms with Gasteiger partial charge in [-0.3, -0.25) is 19.7 Å². The molecule has 0 amide bonds. The van der Waals surface area contributed by atoms with Gasteiger partial charge in [0, 0.05) is 12.5 Å². The maximum Gasteiger partial charge on any atom is 0.280 e. The van der Waals surface area contributed by atoms with Crippen LogP contribution in [0, 0.1) is 0 Å². The third-order valence-electron chi connectivity index (χ3n) is 7.20. The van der Waals surface area contributed by atoms with Gasteiger partial charge in [0.05, 0.1) is 24.6 Å². The molecule has 0 bridgehead atoms. The summed E-state index contributed by atoms with van der Waals surface area (Å²) in [6.07, 6.45) is 1.00. The molecule has 192 valence electrons. The second-order valence-corrected chi connectivity index (χ2v) is 9.42. The monoisotopic (exact) mass is 508 g/mol. The molecule has 5 aromatic rings. The highest BCUT2D eigenvalue weighted by Crippen LogP contribution is 2.40. The lowest BCUT2D eigenvalue weighted by Crippen LogP contribution is -2.53. The number of H-pyrrole nitrogens is 1. The highest BCUT2D eigenvalue weighted by molar-refractivity contribution is 5.70. The van der Waals surface area contributed by atoms with Crippen LogP contribution < -0.4 is 16.6 Å². The number of aromatic nitrogens is 4. The Kier molecular flexibility index (Phi) is 6.24. The Morgan fingerprint density at radius 1 is 0.974 bits per heavy atom. The van der Waals surface area contributed by atoms with Crippen molar-refractivity contribution in [1.29, 1.82) is 0 Å². The Hall–Kier alpha value is -4.31. The molecule has 0 spiro atoms. The first-order chi connectivity index (χ1) is 18.6. The zero-order valence-electron chi connectivity index (χ0n) is 20.6. The second kappa shape index (κ2) is 9.86. The summed E-state index contributed by atoms with van der Waals surface area (Å²) in [6.45, 7) is -0.189. The molecule has 1 aliphatic heterocycles. The zero-order chi connectivity index (χ0) is 26.1. The Labute approximate surface area is 219 Å². The number of imidazole rings is 1. The summed E-state index contributed by atoms with van der Waals surface area (Å²) in [5, 5.41) is 14.3. The van der Waals surface area contributed by atoms with Gasteiger partial charge in [-0.1, -0.05) is 91.0 Å². The van der Waals surface area contributed by atoms with Gasteiger partial charge >= 0.3 is 0 Å². The molecule has 0 unspecified atom stereocenters. The van der Waals surface area contributed by atoms with Crippen molar-refractivity contribution in [3.63, 3.8) is 0 Å². The number of rotatable bonds is 7. The molecule has 6 rings (SSSR count). The summed E-state index contributed by atoms with van der Waals surface area (Å²) in [7, 11) is 0. The summed E-state index contributed by atoms with van der Waals surface area (Å²) >= 11 is 0. The van der Waals surface area contributed by atoms with Crippen molar-refractivity contribution in [1.82, 2.24) is 24.8 Å². The van der Waals surface area contributed by atoms with E-state index in [1.807, 2.05) is 54.6 Å². The molecule has 1 fully saturated rings. The number of benzene rings is 3. The molecule has 38 heavy (non-hydrogen) atoms. The summed E-state index contributed by atoms with van der Waals surface area (Å²) < 4.78 is 8.04. The van der Waals surface area contributed by atoms with E-state index in [0.29, 0.717) is 12.1 Å². The molecular weight excluding hydrogens is 480 g/mol. The number of anilines is 1. The van der Waals surface area contributed by atoms with Crippen LogP contribution in [0.4, 0.5) is 5.95 Å². The van der Waals surface area contributed by atoms with Crippen LogP contribution in [-0.2, 0) is 10.3 Å². The highest BCUT2D eigenvalue weighted by atomic mass is 16.5. The fourth-order valence-electron chi connectivity index (χ4n) is 5.47. The van der Waals surface area contributed by atoms with Crippen LogP contribution in [0.2, 0.25) is 0 Å². The van der Waals surface area contributed by atoms with E-state index in [9.17, 15) is 9.90 Å². The van der Waals surface area contributed by atoms with Gasteiger partial charge in [0.15, 0.2) is 11.2 Å². The quantitative estimate of drug-likeness (QED) is 0.249. The molecule has 5 N–H and O–H groups in total. The first-order valence-corrected chi connectivity index (χ1v) is 12.5. The molecule has 0 saturated carbocycles. The summed E-state index contributed by atoms with van der Waals surface area (Å²) in [4.78, 5) is 23.3. The average molecular weight is 509 g/mol. The van der Waals surface area contributed by atoms with Gasteiger partial charge < -0.3 is 15.6 Å². The maximum absolute atomic E-state index is 12.3. The number of nitrogens with two attached hydrogens (primary N) is 1. The van der Waals surface area contributed by atoms with E-state index in [4.69, 9.17) is 10.5 Å². The van der Waals surface area contributed by atoms with Crippen LogP contribution in [0.15, 0.2) is 102 Å². The van der Waals surface area contributed by atoms with Crippen LogP contribution in [-0.4, -0.2) is 43.4 Å². The van der Waals surface area contributed by atoms with E-state index < -0.39 is 23.4 Å². The maximum atomic E-state index is 12.3. The van der Waals surface area contributed by atoms with E-state index in [-0.39, 0.29) is 24.1 Å². The minimum Gasteiger partial charge on any atom is -0.394 e. The minimum atomic E-state index is -0.725. The van der Waals surface area contributed by atoms with Crippen LogP contribution >= 0.6 is 0 Å². The molecule has 0 radical (unpaired) electrons. The smallest absolute Gasteiger partial charge is 0.280 e. The second-order valence-electron chi connectivity index (χ2n) is 9.42. The van der Waals surface area contributed by atoms with Crippen molar-refractivity contribution in [2.75, 3.05) is 12.3 Å². The van der Waals surface area contributed by atoms with Gasteiger partial charge in [-0.15, -0.1) is 0 Å². The van der Waals surface area contributed by atoms with Crippen LogP contribution in [0.25, 0.3) is 11.2 Å². The number of nitrogen functional groups attached to an aromatic ring is 1. The van der Waals surface area contributed by atoms with E-state index in [1.54, 1.807) is 4.57 Å². The Bertz CT molecular complexity index is 1490. The molecule has 0 aliphatic carbocycles. The van der Waals surface area contributed by atoms with Crippen molar-refractivity contribution >= 4 is 17.1 Å². The molecule has 1 aliphatic rings. The first kappa shape index (κ1) is 24.1. The summed E-state index contributed by atoms with van der Waals surface area (Å²) in [6, 6.07) is 30.6. The number of hydrogen-bond acceptors (Lipinski definition) is 7. The van der Waals surface area contributed by atoms with E-state index >= 15 is 0 Å². The normalized spacial score (nSPS) is 19.7. The number of aliphatic hydroxyl groups excluding tert-OH is 1. The average Bonchev–Trinajstić information content (AvgIpc) is 3.57. The Morgan fingerprint density at radius 3 is 2.05 bits per heavy atom. The predicted molar refractivity (Wildman–Crippen MR) is 144 cm³/mol. The number of aliphatic hydroxyl groups is 1. The summed E-state index contributed by atoms with van der Waals surface area (Å²) in [5.41, 5.74) is 8.39. The van der Waals surface area contributed by atoms with Gasteiger partial charge in [-0.2, -0.15) is 4.98 Å². The predicted octanol–water partition coefficient (Wildman–Crippen LogP) is 2.93. The molecule has 3 atom stereocenters. The standard InChI is InChI=1S/C29H28N6O3/c30-28-32-26-25(27(37)33-28)31-18-35(26)24-16-22(23(17-36)38-24)34-29(19-10-4-1-5-11-19,20-12-6-2-7-13-20)21-14-8-3-9-15-21/h1-15,18,22-24,34,36H,16-17H2,(H3,30,32,33,37)/t22-,23+,24+/m0/s1. The van der Waals surface area contributed by atoms with Gasteiger partial charge in [0.25, 0.3) is 5.56 Å². The van der Waals surface area contributed by atoms with E-state index in [0.717, 1.165) is 16.7 Å². The molecule has 9 nitrogen and oxygen atoms in total. The van der Waals surface area contributed by atoms with Crippen molar-refractivity contribution < 1.29 is 9.84 Å². The first-order valence-electron chi connectivity index (χ1n) is 12.5. The lowest BCUT2D eigenvalue weighted by molar-refractivity contribution is -0.0264. The Morgan fingerprint density at radius 2 is 1.53 bits per heavy atom. The van der Waals surface area contributed by atoms with Crippen LogP contribution in [0.5, 0.6) is 0 Å². The fourth-order valence-corrected chi connectivity index (χ4v) is 5.47. The SMILES string of the molecule is Nc1nc2c(ncn2[C@H]2C[C@H](NC(c3ccccc3)(c3ccccc3)c3ccccc3)[C@@H](CO)O2)c(=O)[nH]1. The largest absolute Gasteiger partial charge is 0.394 e. The minimum absolute atomic E-state index is 0.00637. The third-order valence-corrected chi connectivity index (χ3v) is 7.20. The number of hydrogen-bond donors (Lipinski definition) is 4. The number of nitrogens with zero attached hydrogens (tertiary/aromatic N) is 3. The third kappa shape index (κ3) is 4.06. The van der Waals surface area contributed by atoms with Crippen molar-refractivity contribution in [2.45, 2.75) is 30.3 Å². The number of fused-ring (bicyclic) bond motifs is 1. The molecule has 1 saturated heterocycles. The lowest BCUT2D eigenvalue weighted by atomic mass is 9.76. The van der Waals surface area contributed by atoms with Gasteiger partial charge in [0.2, 0.25) is 5.95 Å². The molecular formula is C29H28N6O3. The lowest BCUT2D eigenvalue weighted by Gasteiger charge is -2.40. The molecule has 3 aromatic carbocycles. The number of nitrogens with one attached hydrogen (secondary N) is 2. The van der Waals surface area contributed by atoms with Gasteiger partial charge in [0.1, 0.15) is 6.23 Å². The molecule has 3 heterocycles. The topological polar surface area (TPSA) is 131 Å².